The van der Waals surface area contributed by atoms with Gasteiger partial charge in [-0.15, -0.1) is 0 Å². The van der Waals surface area contributed by atoms with Crippen LogP contribution in [0.5, 0.6) is 5.88 Å². The van der Waals surface area contributed by atoms with Gasteiger partial charge in [-0.3, -0.25) is 4.98 Å². The van der Waals surface area contributed by atoms with Crippen molar-refractivity contribution in [2.24, 2.45) is 0 Å². The Hall–Kier alpha value is -1.77. The summed E-state index contributed by atoms with van der Waals surface area (Å²) in [6.45, 7) is 1.89. The molecule has 0 atom stereocenters. The fourth-order valence-electron chi connectivity index (χ4n) is 0.802. The molecule has 68 valence electrons. The van der Waals surface area contributed by atoms with Gasteiger partial charge in [-0.2, -0.15) is 0 Å². The smallest absolute Gasteiger partial charge is 0.188 e. The van der Waals surface area contributed by atoms with E-state index in [0.29, 0.717) is 0 Å². The van der Waals surface area contributed by atoms with Crippen molar-refractivity contribution in [2.75, 3.05) is 0 Å². The molecule has 2 aromatic rings. The number of aromatic hydroxyl groups is 1. The summed E-state index contributed by atoms with van der Waals surface area (Å²) < 4.78 is 0. The van der Waals surface area contributed by atoms with Gasteiger partial charge in [0.1, 0.15) is 0 Å². The number of hydrogen-bond acceptors (Lipinski definition) is 2. The van der Waals surface area contributed by atoms with Crippen LogP contribution in [0.15, 0.2) is 42.7 Å². The number of nitrogens with one attached hydrogen (secondary N) is 1. The molecule has 2 N–H and O–H groups in total. The Bertz CT molecular complexity index is 286. The topological polar surface area (TPSA) is 48.9 Å². The van der Waals surface area contributed by atoms with Crippen LogP contribution in [0.3, 0.4) is 0 Å². The Morgan fingerprint density at radius 1 is 1.15 bits per heavy atom. The molecule has 0 saturated heterocycles. The molecule has 0 aliphatic heterocycles. The summed E-state index contributed by atoms with van der Waals surface area (Å²) in [4.78, 5) is 6.48. The van der Waals surface area contributed by atoms with E-state index in [2.05, 4.69) is 9.97 Å². The van der Waals surface area contributed by atoms with Gasteiger partial charge < -0.3 is 10.1 Å². The number of nitrogens with zero attached hydrogens (tertiary/aromatic N) is 1. The average Bonchev–Trinajstić information content (AvgIpc) is 2.54. The summed E-state index contributed by atoms with van der Waals surface area (Å²) in [7, 11) is 0. The Morgan fingerprint density at radius 2 is 1.85 bits per heavy atom. The number of H-pyrrole nitrogens is 1. The third-order valence-electron chi connectivity index (χ3n) is 1.38. The highest BCUT2D eigenvalue weighted by Gasteiger charge is 1.84. The van der Waals surface area contributed by atoms with Gasteiger partial charge >= 0.3 is 0 Å². The van der Waals surface area contributed by atoms with Crippen molar-refractivity contribution in [2.45, 2.75) is 6.92 Å². The van der Waals surface area contributed by atoms with Gasteiger partial charge in [-0.05, 0) is 31.2 Å². The Balaban J connectivity index is 0.000000132. The van der Waals surface area contributed by atoms with Crippen LogP contribution in [0.25, 0.3) is 0 Å². The standard InChI is InChI=1S/C5H7NO.C5H5N/c1-4-2-3-5(7)6-4;1-2-4-6-5-3-1/h2-3,6-7H,1H3;1-5H. The van der Waals surface area contributed by atoms with Crippen molar-refractivity contribution in [3.05, 3.63) is 48.4 Å². The lowest BCUT2D eigenvalue weighted by Crippen LogP contribution is -1.63. The number of pyridine rings is 1. The van der Waals surface area contributed by atoms with E-state index in [-0.39, 0.29) is 5.88 Å². The van der Waals surface area contributed by atoms with Crippen LogP contribution in [0.1, 0.15) is 5.69 Å². The first-order valence-electron chi connectivity index (χ1n) is 3.98. The minimum absolute atomic E-state index is 0.234. The van der Waals surface area contributed by atoms with E-state index < -0.39 is 0 Å². The monoisotopic (exact) mass is 176 g/mol. The predicted molar refractivity (Wildman–Crippen MR) is 51.4 cm³/mol. The largest absolute Gasteiger partial charge is 0.495 e. The molecule has 2 heterocycles. The molecular weight excluding hydrogens is 164 g/mol. The van der Waals surface area contributed by atoms with Crippen molar-refractivity contribution in [3.63, 3.8) is 0 Å². The van der Waals surface area contributed by atoms with Gasteiger partial charge in [-0.1, -0.05) is 6.07 Å². The Morgan fingerprint density at radius 3 is 2.00 bits per heavy atom. The summed E-state index contributed by atoms with van der Waals surface area (Å²) in [6, 6.07) is 9.15. The molecule has 0 amide bonds. The van der Waals surface area contributed by atoms with Crippen LogP contribution in [-0.2, 0) is 0 Å². The molecular formula is C10H12N2O. The first-order chi connectivity index (χ1) is 6.29. The van der Waals surface area contributed by atoms with Crippen LogP contribution < -0.4 is 0 Å². The zero-order valence-corrected chi connectivity index (χ0v) is 7.44. The fourth-order valence-corrected chi connectivity index (χ4v) is 0.802. The van der Waals surface area contributed by atoms with E-state index >= 15 is 0 Å². The first kappa shape index (κ1) is 9.32. The number of aromatic nitrogens is 2. The summed E-state index contributed by atoms with van der Waals surface area (Å²) in [6.07, 6.45) is 3.50. The lowest BCUT2D eigenvalue weighted by molar-refractivity contribution is 0.456. The minimum Gasteiger partial charge on any atom is -0.495 e. The number of rotatable bonds is 0. The predicted octanol–water partition coefficient (Wildman–Crippen LogP) is 2.11. The second kappa shape index (κ2) is 4.98. The molecule has 0 aliphatic rings. The fraction of sp³-hybridized carbons (Fsp3) is 0.100. The van der Waals surface area contributed by atoms with Crippen LogP contribution in [0.4, 0.5) is 0 Å². The van der Waals surface area contributed by atoms with E-state index in [0.717, 1.165) is 5.69 Å². The molecule has 0 fully saturated rings. The van der Waals surface area contributed by atoms with Crippen LogP contribution in [-0.4, -0.2) is 15.1 Å². The van der Waals surface area contributed by atoms with E-state index in [4.69, 9.17) is 5.11 Å². The molecule has 2 aromatic heterocycles. The normalized spacial score (nSPS) is 8.69. The average molecular weight is 176 g/mol. The van der Waals surface area contributed by atoms with Crippen LogP contribution >= 0.6 is 0 Å². The van der Waals surface area contributed by atoms with Gasteiger partial charge in [-0.25, -0.2) is 0 Å². The zero-order valence-electron chi connectivity index (χ0n) is 7.44. The highest BCUT2D eigenvalue weighted by Crippen LogP contribution is 2.04. The molecule has 0 unspecified atom stereocenters. The van der Waals surface area contributed by atoms with Crippen molar-refractivity contribution < 1.29 is 5.11 Å². The minimum atomic E-state index is 0.234. The Labute approximate surface area is 77.1 Å². The van der Waals surface area contributed by atoms with E-state index in [1.54, 1.807) is 18.5 Å². The maximum Gasteiger partial charge on any atom is 0.188 e. The third kappa shape index (κ3) is 3.96. The number of hydrogen-bond donors (Lipinski definition) is 2. The van der Waals surface area contributed by atoms with Crippen molar-refractivity contribution >= 4 is 0 Å². The SMILES string of the molecule is Cc1ccc(O)[nH]1.c1ccncc1. The van der Waals surface area contributed by atoms with Crippen molar-refractivity contribution in [1.82, 2.24) is 9.97 Å². The van der Waals surface area contributed by atoms with Crippen molar-refractivity contribution in [3.8, 4) is 5.88 Å². The first-order valence-corrected chi connectivity index (χ1v) is 3.98. The molecule has 0 aromatic carbocycles. The second-order valence-electron chi connectivity index (χ2n) is 2.55. The quantitative estimate of drug-likeness (QED) is 0.645. The second-order valence-corrected chi connectivity index (χ2v) is 2.55. The zero-order chi connectivity index (χ0) is 9.52. The molecule has 2 rings (SSSR count). The highest BCUT2D eigenvalue weighted by molar-refractivity contribution is 5.14. The summed E-state index contributed by atoms with van der Waals surface area (Å²) >= 11 is 0. The maximum atomic E-state index is 8.60. The summed E-state index contributed by atoms with van der Waals surface area (Å²) in [5.74, 6) is 0.234. The lowest BCUT2D eigenvalue weighted by Gasteiger charge is -1.77. The van der Waals surface area contributed by atoms with E-state index in [1.165, 1.54) is 0 Å². The molecule has 0 aliphatic carbocycles. The Kier molecular flexibility index (Phi) is 3.57. The van der Waals surface area contributed by atoms with Crippen LogP contribution in [0, 0.1) is 6.92 Å². The van der Waals surface area contributed by atoms with Gasteiger partial charge in [0, 0.05) is 18.1 Å². The number of aryl methyl sites for hydroxylation is 1. The maximum absolute atomic E-state index is 8.60. The summed E-state index contributed by atoms with van der Waals surface area (Å²) in [5.41, 5.74) is 0.984. The molecule has 3 nitrogen and oxygen atoms in total. The van der Waals surface area contributed by atoms with Crippen LogP contribution in [0.2, 0.25) is 0 Å². The molecule has 0 saturated carbocycles. The van der Waals surface area contributed by atoms with E-state index in [1.807, 2.05) is 31.2 Å². The van der Waals surface area contributed by atoms with Gasteiger partial charge in [0.2, 0.25) is 0 Å². The molecule has 0 radical (unpaired) electrons. The molecule has 3 heteroatoms. The van der Waals surface area contributed by atoms with Gasteiger partial charge in [0.25, 0.3) is 0 Å². The third-order valence-corrected chi connectivity index (χ3v) is 1.38. The molecule has 0 bridgehead atoms. The molecule has 0 spiro atoms. The molecule has 13 heavy (non-hydrogen) atoms. The highest BCUT2D eigenvalue weighted by atomic mass is 16.3. The summed E-state index contributed by atoms with van der Waals surface area (Å²) in [5, 5.41) is 8.60. The van der Waals surface area contributed by atoms with Gasteiger partial charge in [0.15, 0.2) is 5.88 Å². The number of aromatic amines is 1. The lowest BCUT2D eigenvalue weighted by atomic mass is 10.5. The van der Waals surface area contributed by atoms with Gasteiger partial charge in [0.05, 0.1) is 0 Å². The van der Waals surface area contributed by atoms with E-state index in [9.17, 15) is 0 Å². The van der Waals surface area contributed by atoms with Crippen molar-refractivity contribution in [1.29, 1.82) is 0 Å².